The van der Waals surface area contributed by atoms with Crippen molar-refractivity contribution >= 4 is 17.6 Å². The first kappa shape index (κ1) is 13.9. The van der Waals surface area contributed by atoms with Crippen molar-refractivity contribution in [3.8, 4) is 0 Å². The summed E-state index contributed by atoms with van der Waals surface area (Å²) in [6.07, 6.45) is 0.918. The van der Waals surface area contributed by atoms with Crippen LogP contribution in [0.15, 0.2) is 28.8 Å². The molecular weight excluding hydrogens is 262 g/mol. The predicted octanol–water partition coefficient (Wildman–Crippen LogP) is 4.41. The number of rotatable bonds is 5. The van der Waals surface area contributed by atoms with E-state index in [0.717, 1.165) is 17.0 Å². The Morgan fingerprint density at radius 3 is 2.47 bits per heavy atom. The summed E-state index contributed by atoms with van der Waals surface area (Å²) in [6.45, 7) is 6.17. The third-order valence-corrected chi connectivity index (χ3v) is 3.19. The van der Waals surface area contributed by atoms with E-state index in [0.29, 0.717) is 11.8 Å². The van der Waals surface area contributed by atoms with Crippen LogP contribution in [-0.2, 0) is 0 Å². The first-order valence-corrected chi connectivity index (χ1v) is 6.83. The van der Waals surface area contributed by atoms with Crippen LogP contribution in [0.5, 0.6) is 0 Å². The quantitative estimate of drug-likeness (QED) is 0.881. The van der Waals surface area contributed by atoms with Gasteiger partial charge in [0.25, 0.3) is 0 Å². The van der Waals surface area contributed by atoms with Gasteiger partial charge in [0.15, 0.2) is 5.82 Å². The third-order valence-electron chi connectivity index (χ3n) is 2.94. The third kappa shape index (κ3) is 3.47. The molecule has 0 aliphatic heterocycles. The van der Waals surface area contributed by atoms with Gasteiger partial charge in [0.2, 0.25) is 0 Å². The Labute approximate surface area is 118 Å². The van der Waals surface area contributed by atoms with Gasteiger partial charge in [-0.3, -0.25) is 0 Å². The van der Waals surface area contributed by atoms with Gasteiger partial charge in [-0.2, -0.15) is 4.98 Å². The van der Waals surface area contributed by atoms with Gasteiger partial charge in [0.1, 0.15) is 0 Å². The fourth-order valence-electron chi connectivity index (χ4n) is 1.79. The molecule has 1 aromatic carbocycles. The van der Waals surface area contributed by atoms with Gasteiger partial charge in [0, 0.05) is 10.9 Å². The minimum atomic E-state index is 0.137. The summed E-state index contributed by atoms with van der Waals surface area (Å²) in [6, 6.07) is 8.37. The second-order valence-corrected chi connectivity index (χ2v) is 5.21. The predicted molar refractivity (Wildman–Crippen MR) is 76.5 cm³/mol. The van der Waals surface area contributed by atoms with E-state index >= 15 is 0 Å². The number of anilines is 1. The van der Waals surface area contributed by atoms with Crippen LogP contribution < -0.4 is 5.32 Å². The molecule has 2 rings (SSSR count). The Morgan fingerprint density at radius 1 is 1.26 bits per heavy atom. The zero-order valence-electron chi connectivity index (χ0n) is 11.4. The monoisotopic (exact) mass is 279 g/mol. The van der Waals surface area contributed by atoms with Crippen molar-refractivity contribution in [3.05, 3.63) is 40.7 Å². The number of hydrogen-bond donors (Lipinski definition) is 1. The molecule has 0 aliphatic carbocycles. The number of halogens is 1. The van der Waals surface area contributed by atoms with Crippen LogP contribution in [0.1, 0.15) is 50.5 Å². The van der Waals surface area contributed by atoms with Crippen molar-refractivity contribution in [3.63, 3.8) is 0 Å². The molecule has 0 saturated heterocycles. The van der Waals surface area contributed by atoms with E-state index in [1.165, 1.54) is 0 Å². The molecule has 19 heavy (non-hydrogen) atoms. The lowest BCUT2D eigenvalue weighted by molar-refractivity contribution is 0.415. The highest BCUT2D eigenvalue weighted by molar-refractivity contribution is 6.30. The fourth-order valence-corrected chi connectivity index (χ4v) is 1.92. The fraction of sp³-hybridized carbons (Fsp3) is 0.429. The van der Waals surface area contributed by atoms with E-state index in [9.17, 15) is 0 Å². The molecule has 0 saturated carbocycles. The summed E-state index contributed by atoms with van der Waals surface area (Å²) in [5, 5.41) is 7.93. The summed E-state index contributed by atoms with van der Waals surface area (Å²) in [7, 11) is 0. The maximum absolute atomic E-state index is 5.90. The summed E-state index contributed by atoms with van der Waals surface area (Å²) >= 11 is 5.90. The van der Waals surface area contributed by atoms with Gasteiger partial charge in [0.05, 0.1) is 6.04 Å². The molecule has 5 heteroatoms. The smallest absolute Gasteiger partial charge is 0.321 e. The van der Waals surface area contributed by atoms with Crippen LogP contribution >= 0.6 is 11.6 Å². The van der Waals surface area contributed by atoms with E-state index in [-0.39, 0.29) is 12.0 Å². The maximum atomic E-state index is 5.90. The second kappa shape index (κ2) is 6.06. The lowest BCUT2D eigenvalue weighted by Gasteiger charge is -2.15. The molecule has 0 fully saturated rings. The van der Waals surface area contributed by atoms with Crippen molar-refractivity contribution in [1.29, 1.82) is 0 Å². The number of hydrogen-bond acceptors (Lipinski definition) is 4. The van der Waals surface area contributed by atoms with Gasteiger partial charge in [-0.25, -0.2) is 0 Å². The zero-order valence-corrected chi connectivity index (χ0v) is 12.1. The molecule has 0 aliphatic rings. The molecule has 2 aromatic rings. The molecule has 102 valence electrons. The Kier molecular flexibility index (Phi) is 4.43. The summed E-state index contributed by atoms with van der Waals surface area (Å²) in [5.74, 6) is 0.975. The molecule has 0 amide bonds. The molecule has 4 nitrogen and oxygen atoms in total. The molecular formula is C14H18ClN3O. The molecule has 1 aromatic heterocycles. The number of aromatic nitrogens is 2. The van der Waals surface area contributed by atoms with Crippen LogP contribution in [0, 0.1) is 0 Å². The van der Waals surface area contributed by atoms with Crippen molar-refractivity contribution in [2.24, 2.45) is 0 Å². The van der Waals surface area contributed by atoms with Gasteiger partial charge in [-0.05, 0) is 24.1 Å². The lowest BCUT2D eigenvalue weighted by atomic mass is 10.1. The molecule has 0 bridgehead atoms. The van der Waals surface area contributed by atoms with Gasteiger partial charge >= 0.3 is 6.01 Å². The Bertz CT molecular complexity index is 522. The topological polar surface area (TPSA) is 51.0 Å². The Hall–Kier alpha value is -1.55. The van der Waals surface area contributed by atoms with Crippen LogP contribution in [-0.4, -0.2) is 10.1 Å². The zero-order chi connectivity index (χ0) is 13.8. The van der Waals surface area contributed by atoms with Gasteiger partial charge < -0.3 is 9.84 Å². The average Bonchev–Trinajstić information content (AvgIpc) is 2.86. The minimum absolute atomic E-state index is 0.137. The van der Waals surface area contributed by atoms with E-state index < -0.39 is 0 Å². The largest absolute Gasteiger partial charge is 0.331 e. The number of benzene rings is 1. The highest BCUT2D eigenvalue weighted by Crippen LogP contribution is 2.23. The number of nitrogens with one attached hydrogen (secondary N) is 1. The summed E-state index contributed by atoms with van der Waals surface area (Å²) in [5.41, 5.74) is 1.15. The van der Waals surface area contributed by atoms with Crippen molar-refractivity contribution in [2.45, 2.75) is 39.2 Å². The van der Waals surface area contributed by atoms with Crippen LogP contribution in [0.25, 0.3) is 0 Å². The minimum Gasteiger partial charge on any atom is -0.331 e. The highest BCUT2D eigenvalue weighted by Gasteiger charge is 2.14. The van der Waals surface area contributed by atoms with Crippen molar-refractivity contribution < 1.29 is 4.52 Å². The van der Waals surface area contributed by atoms with Gasteiger partial charge in [-0.15, -0.1) is 0 Å². The molecule has 1 atom stereocenters. The van der Waals surface area contributed by atoms with Crippen molar-refractivity contribution in [1.82, 2.24) is 10.1 Å². The van der Waals surface area contributed by atoms with E-state index in [1.54, 1.807) is 0 Å². The highest BCUT2D eigenvalue weighted by atomic mass is 35.5. The standard InChI is InChI=1S/C14H18ClN3O/c1-4-12(10-5-7-11(15)8-6-10)16-14-17-13(9(2)3)18-19-14/h5-9,12H,4H2,1-3H3,(H,16,17,18). The molecule has 0 radical (unpaired) electrons. The summed E-state index contributed by atoms with van der Waals surface area (Å²) < 4.78 is 5.21. The van der Waals surface area contributed by atoms with Crippen molar-refractivity contribution in [2.75, 3.05) is 5.32 Å². The second-order valence-electron chi connectivity index (χ2n) is 4.77. The van der Waals surface area contributed by atoms with E-state index in [1.807, 2.05) is 38.1 Å². The van der Waals surface area contributed by atoms with Crippen LogP contribution in [0.4, 0.5) is 6.01 Å². The molecule has 1 heterocycles. The Balaban J connectivity index is 2.12. The Morgan fingerprint density at radius 2 is 1.95 bits per heavy atom. The average molecular weight is 280 g/mol. The maximum Gasteiger partial charge on any atom is 0.321 e. The first-order valence-electron chi connectivity index (χ1n) is 6.45. The SMILES string of the molecule is CCC(Nc1nc(C(C)C)no1)c1ccc(Cl)cc1. The van der Waals surface area contributed by atoms with Gasteiger partial charge in [-0.1, -0.05) is 49.7 Å². The van der Waals surface area contributed by atoms with Crippen LogP contribution in [0.3, 0.4) is 0 Å². The van der Waals surface area contributed by atoms with Crippen LogP contribution in [0.2, 0.25) is 5.02 Å². The normalized spacial score (nSPS) is 12.7. The summed E-state index contributed by atoms with van der Waals surface area (Å²) in [4.78, 5) is 4.33. The molecule has 1 N–H and O–H groups in total. The first-order chi connectivity index (χ1) is 9.10. The van der Waals surface area contributed by atoms with E-state index in [4.69, 9.17) is 16.1 Å². The molecule has 1 unspecified atom stereocenters. The number of nitrogens with zero attached hydrogens (tertiary/aromatic N) is 2. The molecule has 0 spiro atoms. The van der Waals surface area contributed by atoms with E-state index in [2.05, 4.69) is 22.4 Å². The lowest BCUT2D eigenvalue weighted by Crippen LogP contribution is -2.09.